The summed E-state index contributed by atoms with van der Waals surface area (Å²) in [5.41, 5.74) is 3.43. The first-order valence-corrected chi connectivity index (χ1v) is 7.68. The first-order valence-electron chi connectivity index (χ1n) is 7.68. The third-order valence-electron chi connectivity index (χ3n) is 4.85. The van der Waals surface area contributed by atoms with Gasteiger partial charge in [0, 0.05) is 0 Å². The molecule has 1 fully saturated rings. The van der Waals surface area contributed by atoms with Crippen LogP contribution in [0.1, 0.15) is 54.4 Å². The summed E-state index contributed by atoms with van der Waals surface area (Å²) in [6.45, 7) is 0. The van der Waals surface area contributed by atoms with Crippen LogP contribution in [0.3, 0.4) is 0 Å². The summed E-state index contributed by atoms with van der Waals surface area (Å²) in [4.78, 5) is 11.5. The van der Waals surface area contributed by atoms with Gasteiger partial charge in [-0.1, -0.05) is 31.1 Å². The Morgan fingerprint density at radius 2 is 1.85 bits per heavy atom. The topological polar surface area (TPSA) is 26.3 Å². The van der Waals surface area contributed by atoms with E-state index in [1.165, 1.54) is 56.8 Å². The predicted molar refractivity (Wildman–Crippen MR) is 80.4 cm³/mol. The minimum absolute atomic E-state index is 0.260. The maximum atomic E-state index is 11.5. The molecule has 0 aromatic heterocycles. The summed E-state index contributed by atoms with van der Waals surface area (Å²) < 4.78 is 4.75. The molecule has 0 amide bonds. The molecule has 0 aliphatic heterocycles. The van der Waals surface area contributed by atoms with Gasteiger partial charge in [0.2, 0.25) is 0 Å². The smallest absolute Gasteiger partial charge is 0.337 e. The van der Waals surface area contributed by atoms with Gasteiger partial charge in [0.05, 0.1) is 12.7 Å². The van der Waals surface area contributed by atoms with E-state index in [0.29, 0.717) is 5.56 Å². The van der Waals surface area contributed by atoms with Crippen molar-refractivity contribution in [2.24, 2.45) is 11.8 Å². The summed E-state index contributed by atoms with van der Waals surface area (Å²) in [5, 5.41) is 0. The van der Waals surface area contributed by atoms with Crippen molar-refractivity contribution < 1.29 is 9.53 Å². The molecule has 2 aliphatic carbocycles. The molecule has 0 radical (unpaired) electrons. The Balaban J connectivity index is 1.84. The fourth-order valence-electron chi connectivity index (χ4n) is 3.82. The minimum Gasteiger partial charge on any atom is -0.465 e. The van der Waals surface area contributed by atoms with Gasteiger partial charge in [0.1, 0.15) is 0 Å². The standard InChI is InChI=1S/C18H22O2/c1-20-18(19)15-11-9-14(10-12-15)17-8-4-6-13-5-2-3-7-16(13)17/h8-13,16H,2-7H2,1H3. The predicted octanol–water partition coefficient (Wildman–Crippen LogP) is 4.46. The Morgan fingerprint density at radius 1 is 1.10 bits per heavy atom. The first-order chi connectivity index (χ1) is 9.79. The molecular formula is C18H22O2. The van der Waals surface area contributed by atoms with E-state index < -0.39 is 0 Å². The third-order valence-corrected chi connectivity index (χ3v) is 4.85. The van der Waals surface area contributed by atoms with Gasteiger partial charge in [-0.25, -0.2) is 4.79 Å². The zero-order valence-electron chi connectivity index (χ0n) is 12.1. The molecule has 1 saturated carbocycles. The molecule has 2 nitrogen and oxygen atoms in total. The largest absolute Gasteiger partial charge is 0.465 e. The molecule has 2 heteroatoms. The lowest BCUT2D eigenvalue weighted by Gasteiger charge is -2.36. The number of esters is 1. The second-order valence-electron chi connectivity index (χ2n) is 5.96. The van der Waals surface area contributed by atoms with Crippen LogP contribution in [0.25, 0.3) is 5.57 Å². The fourth-order valence-corrected chi connectivity index (χ4v) is 3.82. The molecule has 0 spiro atoms. The summed E-state index contributed by atoms with van der Waals surface area (Å²) in [6, 6.07) is 7.92. The van der Waals surface area contributed by atoms with Gasteiger partial charge in [-0.3, -0.25) is 0 Å². The van der Waals surface area contributed by atoms with Crippen LogP contribution >= 0.6 is 0 Å². The molecule has 0 bridgehead atoms. The highest BCUT2D eigenvalue weighted by Gasteiger charge is 2.30. The Hall–Kier alpha value is -1.57. The SMILES string of the molecule is COC(=O)c1ccc(C2=CCCC3CCCCC23)cc1. The number of hydrogen-bond acceptors (Lipinski definition) is 2. The van der Waals surface area contributed by atoms with Gasteiger partial charge in [-0.05, 0) is 60.8 Å². The quantitative estimate of drug-likeness (QED) is 0.742. The van der Waals surface area contributed by atoms with Crippen LogP contribution < -0.4 is 0 Å². The van der Waals surface area contributed by atoms with Gasteiger partial charge in [-0.2, -0.15) is 0 Å². The average Bonchev–Trinajstić information content (AvgIpc) is 2.54. The van der Waals surface area contributed by atoms with Crippen LogP contribution in [0, 0.1) is 11.8 Å². The highest BCUT2D eigenvalue weighted by molar-refractivity contribution is 5.89. The van der Waals surface area contributed by atoms with Crippen LogP contribution in [-0.2, 0) is 4.74 Å². The molecule has 2 atom stereocenters. The highest BCUT2D eigenvalue weighted by atomic mass is 16.5. The molecule has 2 unspecified atom stereocenters. The van der Waals surface area contributed by atoms with Crippen molar-refractivity contribution in [3.05, 3.63) is 41.5 Å². The van der Waals surface area contributed by atoms with Crippen LogP contribution in [0.5, 0.6) is 0 Å². The lowest BCUT2D eigenvalue weighted by atomic mass is 9.68. The Kier molecular flexibility index (Phi) is 3.90. The summed E-state index contributed by atoms with van der Waals surface area (Å²) in [6.07, 6.45) is 10.5. The first kappa shape index (κ1) is 13.4. The molecule has 106 valence electrons. The molecule has 3 rings (SSSR count). The number of carbonyl (C=O) groups is 1. The molecule has 0 N–H and O–H groups in total. The van der Waals surface area contributed by atoms with Crippen LogP contribution in [0.4, 0.5) is 0 Å². The lowest BCUT2D eigenvalue weighted by Crippen LogP contribution is -2.23. The Bertz CT molecular complexity index is 513. The maximum absolute atomic E-state index is 11.5. The number of ether oxygens (including phenoxy) is 1. The van der Waals surface area contributed by atoms with E-state index in [9.17, 15) is 4.79 Å². The highest BCUT2D eigenvalue weighted by Crippen LogP contribution is 2.44. The van der Waals surface area contributed by atoms with E-state index in [0.717, 1.165) is 11.8 Å². The van der Waals surface area contributed by atoms with Crippen molar-refractivity contribution in [1.29, 1.82) is 0 Å². The lowest BCUT2D eigenvalue weighted by molar-refractivity contribution is 0.0600. The molecule has 20 heavy (non-hydrogen) atoms. The van der Waals surface area contributed by atoms with E-state index in [1.54, 1.807) is 0 Å². The van der Waals surface area contributed by atoms with E-state index >= 15 is 0 Å². The van der Waals surface area contributed by atoms with Gasteiger partial charge in [-0.15, -0.1) is 0 Å². The monoisotopic (exact) mass is 270 g/mol. The van der Waals surface area contributed by atoms with Gasteiger partial charge >= 0.3 is 5.97 Å². The fraction of sp³-hybridized carbons (Fsp3) is 0.500. The summed E-state index contributed by atoms with van der Waals surface area (Å²) in [5.74, 6) is 1.36. The number of rotatable bonds is 2. The van der Waals surface area contributed by atoms with Crippen molar-refractivity contribution in [2.45, 2.75) is 38.5 Å². The molecule has 0 heterocycles. The summed E-state index contributed by atoms with van der Waals surface area (Å²) in [7, 11) is 1.42. The van der Waals surface area contributed by atoms with Gasteiger partial charge in [0.15, 0.2) is 0 Å². The molecule has 2 aliphatic rings. The number of fused-ring (bicyclic) bond motifs is 1. The average molecular weight is 270 g/mol. The molecule has 0 saturated heterocycles. The Morgan fingerprint density at radius 3 is 2.60 bits per heavy atom. The van der Waals surface area contributed by atoms with Gasteiger partial charge < -0.3 is 4.74 Å². The van der Waals surface area contributed by atoms with E-state index in [-0.39, 0.29) is 5.97 Å². The minimum atomic E-state index is -0.260. The van der Waals surface area contributed by atoms with Gasteiger partial charge in [0.25, 0.3) is 0 Å². The number of carbonyl (C=O) groups excluding carboxylic acids is 1. The molecule has 1 aromatic rings. The third kappa shape index (κ3) is 2.52. The van der Waals surface area contributed by atoms with E-state index in [4.69, 9.17) is 4.74 Å². The number of hydrogen-bond donors (Lipinski definition) is 0. The number of benzene rings is 1. The van der Waals surface area contributed by atoms with E-state index in [2.05, 4.69) is 18.2 Å². The number of methoxy groups -OCH3 is 1. The zero-order chi connectivity index (χ0) is 13.9. The van der Waals surface area contributed by atoms with Crippen LogP contribution in [-0.4, -0.2) is 13.1 Å². The second kappa shape index (κ2) is 5.82. The van der Waals surface area contributed by atoms with Crippen LogP contribution in [0.15, 0.2) is 30.3 Å². The summed E-state index contributed by atoms with van der Waals surface area (Å²) >= 11 is 0. The molecular weight excluding hydrogens is 248 g/mol. The van der Waals surface area contributed by atoms with Crippen molar-refractivity contribution in [3.8, 4) is 0 Å². The Labute approximate surface area is 120 Å². The van der Waals surface area contributed by atoms with Crippen LogP contribution in [0.2, 0.25) is 0 Å². The van der Waals surface area contributed by atoms with Crippen molar-refractivity contribution in [1.82, 2.24) is 0 Å². The number of allylic oxidation sites excluding steroid dienone is 2. The molecule has 1 aromatic carbocycles. The van der Waals surface area contributed by atoms with Crippen molar-refractivity contribution in [3.63, 3.8) is 0 Å². The van der Waals surface area contributed by atoms with Crippen molar-refractivity contribution >= 4 is 11.5 Å². The zero-order valence-corrected chi connectivity index (χ0v) is 12.1. The normalized spacial score (nSPS) is 25.6. The second-order valence-corrected chi connectivity index (χ2v) is 5.96. The van der Waals surface area contributed by atoms with Crippen molar-refractivity contribution in [2.75, 3.05) is 7.11 Å². The maximum Gasteiger partial charge on any atom is 0.337 e. The van der Waals surface area contributed by atoms with E-state index in [1.807, 2.05) is 12.1 Å².